The summed E-state index contributed by atoms with van der Waals surface area (Å²) in [6.07, 6.45) is 0. The Bertz CT molecular complexity index is 293. The molecule has 9 heteroatoms. The van der Waals surface area contributed by atoms with Crippen molar-refractivity contribution in [3.05, 3.63) is 0 Å². The minimum absolute atomic E-state index is 0. The molecule has 12 radical (unpaired) electrons. The second-order valence-electron chi connectivity index (χ2n) is 10.5. The van der Waals surface area contributed by atoms with Crippen LogP contribution < -0.4 is 0 Å². The zero-order valence-electron chi connectivity index (χ0n) is 25.2. The molecular formula is C24H56B4N4Zr. The van der Waals surface area contributed by atoms with Gasteiger partial charge in [0.2, 0.25) is 0 Å². The first-order valence-corrected chi connectivity index (χ1v) is 12.3. The fourth-order valence-electron chi connectivity index (χ4n) is 2.39. The third-order valence-electron chi connectivity index (χ3n) is 4.77. The summed E-state index contributed by atoms with van der Waals surface area (Å²) in [5.41, 5.74) is 0. The molecule has 0 unspecified atom stereocenters. The van der Waals surface area contributed by atoms with E-state index in [9.17, 15) is 0 Å². The van der Waals surface area contributed by atoms with Crippen LogP contribution in [0.1, 0.15) is 111 Å². The van der Waals surface area contributed by atoms with Crippen molar-refractivity contribution in [1.82, 2.24) is 19.2 Å². The third kappa shape index (κ3) is 29.1. The van der Waals surface area contributed by atoms with Gasteiger partial charge in [0.15, 0.2) is 0 Å². The maximum Gasteiger partial charge on any atom is 4.00 e. The summed E-state index contributed by atoms with van der Waals surface area (Å²) in [7, 11) is 22.4. The summed E-state index contributed by atoms with van der Waals surface area (Å²) in [4.78, 5) is 7.33. The van der Waals surface area contributed by atoms with Gasteiger partial charge in [0.1, 0.15) is 0 Å². The fourth-order valence-corrected chi connectivity index (χ4v) is 2.39. The maximum absolute atomic E-state index is 5.59. The molecule has 0 N–H and O–H groups in total. The van der Waals surface area contributed by atoms with E-state index in [1.54, 1.807) is 0 Å². The molecule has 0 fully saturated rings. The molecule has 0 spiro atoms. The quantitative estimate of drug-likeness (QED) is 0.416. The minimum atomic E-state index is 0. The van der Waals surface area contributed by atoms with Gasteiger partial charge in [0.25, 0.3) is 0 Å². The Morgan fingerprint density at radius 2 is 0.333 bits per heavy atom. The molecule has 0 aliphatic heterocycles. The molecule has 33 heavy (non-hydrogen) atoms. The van der Waals surface area contributed by atoms with Crippen molar-refractivity contribution in [2.45, 2.75) is 159 Å². The van der Waals surface area contributed by atoms with Crippen molar-refractivity contribution in [3.63, 3.8) is 0 Å². The predicted octanol–water partition coefficient (Wildman–Crippen LogP) is 4.75. The Hall–Kier alpha value is 0.983. The zero-order valence-corrected chi connectivity index (χ0v) is 27.7. The Morgan fingerprint density at radius 3 is 0.333 bits per heavy atom. The van der Waals surface area contributed by atoms with Gasteiger partial charge in [-0.05, 0) is 48.3 Å². The Morgan fingerprint density at radius 1 is 0.273 bits per heavy atom. The molecule has 0 saturated heterocycles. The second-order valence-corrected chi connectivity index (χ2v) is 10.5. The normalized spacial score (nSPS) is 11.6. The SMILES string of the molecule is [B-]N(C(C)C)C(C)C.[B-]N(C(C)C)C(C)C.[B-]N(C(C)C)C(C)C.[B-]N(C(C)C)C(C)C.[Zr+4]. The van der Waals surface area contributed by atoms with Crippen molar-refractivity contribution >= 4 is 31.9 Å². The first-order chi connectivity index (χ1) is 14.2. The topological polar surface area (TPSA) is 13.0 Å². The van der Waals surface area contributed by atoms with Crippen LogP contribution in [0.4, 0.5) is 0 Å². The summed E-state index contributed by atoms with van der Waals surface area (Å²) in [5.74, 6) is 0. The maximum atomic E-state index is 5.59. The first kappa shape index (κ1) is 44.0. The van der Waals surface area contributed by atoms with Crippen LogP contribution in [-0.2, 0) is 26.2 Å². The van der Waals surface area contributed by atoms with Crippen molar-refractivity contribution in [1.29, 1.82) is 0 Å². The fraction of sp³-hybridized carbons (Fsp3) is 1.00. The summed E-state index contributed by atoms with van der Waals surface area (Å²) >= 11 is 0. The van der Waals surface area contributed by atoms with Gasteiger partial charge in [-0.2, -0.15) is 0 Å². The van der Waals surface area contributed by atoms with Crippen LogP contribution in [0.25, 0.3) is 0 Å². The number of hydrogen-bond donors (Lipinski definition) is 0. The molecule has 0 rings (SSSR count). The van der Waals surface area contributed by atoms with Crippen LogP contribution in [-0.4, -0.2) is 99.5 Å². The molecule has 0 aromatic rings. The van der Waals surface area contributed by atoms with Crippen molar-refractivity contribution in [3.8, 4) is 0 Å². The monoisotopic (exact) mass is 534 g/mol. The molecule has 0 aromatic carbocycles. The van der Waals surface area contributed by atoms with Gasteiger partial charge in [0.05, 0.1) is 0 Å². The predicted molar refractivity (Wildman–Crippen MR) is 151 cm³/mol. The standard InChI is InChI=1S/4C6H14BN.Zr/c4*1-5(2)8(7)6(3)4;/h4*5-6H,1-4H3;/q4*-1;+4. The average molecular weight is 535 g/mol. The summed E-state index contributed by atoms with van der Waals surface area (Å²) in [6, 6.07) is 3.63. The van der Waals surface area contributed by atoms with Crippen LogP contribution in [0.2, 0.25) is 0 Å². The Balaban J connectivity index is -0.000000105. The third-order valence-corrected chi connectivity index (χ3v) is 4.77. The molecule has 0 amide bonds. The summed E-state index contributed by atoms with van der Waals surface area (Å²) in [5, 5.41) is 0. The molecule has 0 bridgehead atoms. The van der Waals surface area contributed by atoms with Crippen LogP contribution in [0.15, 0.2) is 0 Å². The summed E-state index contributed by atoms with van der Waals surface area (Å²) < 4.78 is 0. The van der Waals surface area contributed by atoms with Gasteiger partial charge in [-0.3, -0.25) is 0 Å². The van der Waals surface area contributed by atoms with E-state index in [2.05, 4.69) is 111 Å². The summed E-state index contributed by atoms with van der Waals surface area (Å²) in [6.45, 7) is 33.3. The van der Waals surface area contributed by atoms with Crippen LogP contribution in [0.3, 0.4) is 0 Å². The molecule has 0 aliphatic rings. The van der Waals surface area contributed by atoms with Gasteiger partial charge in [0, 0.05) is 0 Å². The van der Waals surface area contributed by atoms with Crippen LogP contribution in [0, 0.1) is 0 Å². The average Bonchev–Trinajstić information content (AvgIpc) is 2.65. The smallest absolute Gasteiger partial charge is 0.576 e. The minimum Gasteiger partial charge on any atom is -0.576 e. The number of rotatable bonds is 8. The largest absolute Gasteiger partial charge is 4.00 e. The molecule has 0 atom stereocenters. The Kier molecular flexibility index (Phi) is 32.9. The van der Waals surface area contributed by atoms with Gasteiger partial charge >= 0.3 is 26.2 Å². The molecule has 0 saturated carbocycles. The second kappa shape index (κ2) is 24.7. The van der Waals surface area contributed by atoms with E-state index in [4.69, 9.17) is 31.9 Å². The van der Waals surface area contributed by atoms with E-state index in [1.807, 2.05) is 19.2 Å². The molecule has 0 heterocycles. The Labute approximate surface area is 235 Å². The van der Waals surface area contributed by atoms with Crippen molar-refractivity contribution in [2.24, 2.45) is 0 Å². The van der Waals surface area contributed by atoms with Gasteiger partial charge in [-0.15, -0.1) is 0 Å². The van der Waals surface area contributed by atoms with E-state index >= 15 is 0 Å². The molecule has 4 nitrogen and oxygen atoms in total. The molecule has 0 aliphatic carbocycles. The molecular weight excluding hydrogens is 479 g/mol. The van der Waals surface area contributed by atoms with Gasteiger partial charge in [-0.25, -0.2) is 0 Å². The van der Waals surface area contributed by atoms with Crippen molar-refractivity contribution in [2.75, 3.05) is 0 Å². The van der Waals surface area contributed by atoms with Gasteiger partial charge in [-0.1, -0.05) is 111 Å². The van der Waals surface area contributed by atoms with E-state index in [0.29, 0.717) is 48.3 Å². The van der Waals surface area contributed by atoms with Crippen LogP contribution >= 0.6 is 0 Å². The molecule has 188 valence electrons. The molecule has 0 aromatic heterocycles. The van der Waals surface area contributed by atoms with E-state index in [1.165, 1.54) is 0 Å². The van der Waals surface area contributed by atoms with Crippen molar-refractivity contribution < 1.29 is 26.2 Å². The van der Waals surface area contributed by atoms with Crippen LogP contribution in [0.5, 0.6) is 0 Å². The van der Waals surface area contributed by atoms with Gasteiger partial charge < -0.3 is 51.2 Å². The first-order valence-electron chi connectivity index (χ1n) is 12.3. The van der Waals surface area contributed by atoms with E-state index in [0.717, 1.165) is 0 Å². The zero-order chi connectivity index (χ0) is 26.9. The van der Waals surface area contributed by atoms with E-state index in [-0.39, 0.29) is 26.2 Å². The van der Waals surface area contributed by atoms with E-state index < -0.39 is 0 Å². The number of hydrogen-bond acceptors (Lipinski definition) is 4. The number of nitrogens with zero attached hydrogens (tertiary/aromatic N) is 4.